The lowest BCUT2D eigenvalue weighted by Gasteiger charge is -2.30. The summed E-state index contributed by atoms with van der Waals surface area (Å²) in [7, 11) is -3.70. The average Bonchev–Trinajstić information content (AvgIpc) is 2.48. The van der Waals surface area contributed by atoms with Crippen LogP contribution in [0.25, 0.3) is 0 Å². The van der Waals surface area contributed by atoms with Crippen LogP contribution >= 0.6 is 27.5 Å². The predicted molar refractivity (Wildman–Crippen MR) is 84.7 cm³/mol. The fraction of sp³-hybridized carbons (Fsp3) is 0.615. The predicted octanol–water partition coefficient (Wildman–Crippen LogP) is 2.57. The van der Waals surface area contributed by atoms with E-state index in [4.69, 9.17) is 11.6 Å². The summed E-state index contributed by atoms with van der Waals surface area (Å²) in [6.07, 6.45) is 5.49. The minimum Gasteiger partial charge on any atom is -0.396 e. The highest BCUT2D eigenvalue weighted by Crippen LogP contribution is 2.30. The van der Waals surface area contributed by atoms with Crippen molar-refractivity contribution >= 4 is 37.6 Å². The first kappa shape index (κ1) is 17.1. The molecule has 0 bridgehead atoms. The number of rotatable bonds is 5. The molecule has 1 aromatic heterocycles. The number of halogens is 2. The van der Waals surface area contributed by atoms with E-state index in [0.29, 0.717) is 11.0 Å². The van der Waals surface area contributed by atoms with Crippen molar-refractivity contribution < 1.29 is 13.5 Å². The molecule has 1 aromatic rings. The van der Waals surface area contributed by atoms with Crippen LogP contribution in [0.3, 0.4) is 0 Å². The second kappa shape index (κ2) is 7.37. The summed E-state index contributed by atoms with van der Waals surface area (Å²) in [5.41, 5.74) is 0. The molecule has 0 saturated heterocycles. The van der Waals surface area contributed by atoms with E-state index in [2.05, 4.69) is 25.6 Å². The molecule has 5 nitrogen and oxygen atoms in total. The van der Waals surface area contributed by atoms with Crippen LogP contribution in [-0.4, -0.2) is 31.7 Å². The summed E-state index contributed by atoms with van der Waals surface area (Å²) in [6, 6.07) is 1.43. The second-order valence-electron chi connectivity index (χ2n) is 5.28. The average molecular weight is 398 g/mol. The molecule has 1 aliphatic rings. The van der Waals surface area contributed by atoms with Gasteiger partial charge in [-0.1, -0.05) is 24.4 Å². The zero-order chi connectivity index (χ0) is 15.5. The van der Waals surface area contributed by atoms with E-state index in [1.807, 2.05) is 0 Å². The molecule has 1 saturated carbocycles. The summed E-state index contributed by atoms with van der Waals surface area (Å²) >= 11 is 9.06. The highest BCUT2D eigenvalue weighted by molar-refractivity contribution is 9.10. The maximum Gasteiger partial charge on any atom is 0.243 e. The van der Waals surface area contributed by atoms with E-state index in [1.54, 1.807) is 0 Å². The summed E-state index contributed by atoms with van der Waals surface area (Å²) in [6.45, 7) is 0.419. The number of hydrogen-bond donors (Lipinski definition) is 2. The second-order valence-corrected chi connectivity index (χ2v) is 8.29. The number of pyridine rings is 1. The molecular weight excluding hydrogens is 380 g/mol. The molecule has 118 valence electrons. The Morgan fingerprint density at radius 1 is 1.38 bits per heavy atom. The van der Waals surface area contributed by atoms with E-state index < -0.39 is 10.0 Å². The standard InChI is InChI=1S/C13H18BrClN2O3S/c14-11-5-12(13(15)16-7-11)21(19,20)17-6-9-3-1-2-4-10(9)8-18/h5,7,9-10,17-18H,1-4,6,8H2. The van der Waals surface area contributed by atoms with Crippen molar-refractivity contribution in [2.24, 2.45) is 11.8 Å². The molecule has 2 unspecified atom stereocenters. The number of hydrogen-bond acceptors (Lipinski definition) is 4. The van der Waals surface area contributed by atoms with Crippen LogP contribution in [0.1, 0.15) is 25.7 Å². The molecule has 2 atom stereocenters. The van der Waals surface area contributed by atoms with Gasteiger partial charge in [0.25, 0.3) is 0 Å². The summed E-state index contributed by atoms with van der Waals surface area (Å²) < 4.78 is 27.8. The Balaban J connectivity index is 2.09. The van der Waals surface area contributed by atoms with Crippen molar-refractivity contribution in [3.63, 3.8) is 0 Å². The first-order chi connectivity index (χ1) is 9.94. The van der Waals surface area contributed by atoms with Gasteiger partial charge in [0.15, 0.2) is 0 Å². The molecule has 0 amide bonds. The molecule has 2 N–H and O–H groups in total. The van der Waals surface area contributed by atoms with E-state index in [-0.39, 0.29) is 28.5 Å². The SMILES string of the molecule is O=S(=O)(NCC1CCCCC1CO)c1cc(Br)cnc1Cl. The van der Waals surface area contributed by atoms with E-state index in [0.717, 1.165) is 25.7 Å². The van der Waals surface area contributed by atoms with Gasteiger partial charge in [0.2, 0.25) is 10.0 Å². The van der Waals surface area contributed by atoms with Crippen LogP contribution in [-0.2, 0) is 10.0 Å². The maximum atomic E-state index is 12.3. The van der Waals surface area contributed by atoms with Crippen molar-refractivity contribution in [3.05, 3.63) is 21.9 Å². The maximum absolute atomic E-state index is 12.3. The van der Waals surface area contributed by atoms with E-state index in [9.17, 15) is 13.5 Å². The summed E-state index contributed by atoms with van der Waals surface area (Å²) in [5, 5.41) is 9.33. The number of sulfonamides is 1. The Morgan fingerprint density at radius 2 is 2.05 bits per heavy atom. The Kier molecular flexibility index (Phi) is 6.02. The monoisotopic (exact) mass is 396 g/mol. The van der Waals surface area contributed by atoms with Crippen LogP contribution in [0.2, 0.25) is 5.15 Å². The van der Waals surface area contributed by atoms with Gasteiger partial charge < -0.3 is 5.11 Å². The van der Waals surface area contributed by atoms with E-state index in [1.165, 1.54) is 12.3 Å². The number of aliphatic hydroxyl groups excluding tert-OH is 1. The molecule has 1 fully saturated rings. The quantitative estimate of drug-likeness (QED) is 0.748. The van der Waals surface area contributed by atoms with Crippen molar-refractivity contribution in [1.29, 1.82) is 0 Å². The Labute approximate surface area is 138 Å². The third kappa shape index (κ3) is 4.39. The minimum absolute atomic E-state index is 0.0325. The highest BCUT2D eigenvalue weighted by Gasteiger charge is 2.27. The van der Waals surface area contributed by atoms with Crippen molar-refractivity contribution in [3.8, 4) is 0 Å². The molecule has 8 heteroatoms. The molecule has 1 aliphatic carbocycles. The third-order valence-corrected chi connectivity index (χ3v) is 6.18. The lowest BCUT2D eigenvalue weighted by Crippen LogP contribution is -2.35. The van der Waals surface area contributed by atoms with Gasteiger partial charge >= 0.3 is 0 Å². The van der Waals surface area contributed by atoms with Gasteiger partial charge in [-0.15, -0.1) is 0 Å². The van der Waals surface area contributed by atoms with Crippen LogP contribution in [0.15, 0.2) is 21.6 Å². The third-order valence-electron chi connectivity index (χ3n) is 3.90. The number of nitrogens with one attached hydrogen (secondary N) is 1. The summed E-state index contributed by atoms with van der Waals surface area (Å²) in [5.74, 6) is 0.329. The smallest absolute Gasteiger partial charge is 0.243 e. The minimum atomic E-state index is -3.70. The molecule has 2 rings (SSSR count). The van der Waals surface area contributed by atoms with Crippen molar-refractivity contribution in [2.45, 2.75) is 30.6 Å². The molecule has 0 aliphatic heterocycles. The van der Waals surface area contributed by atoms with Crippen LogP contribution in [0.4, 0.5) is 0 Å². The van der Waals surface area contributed by atoms with Gasteiger partial charge in [-0.25, -0.2) is 18.1 Å². The van der Waals surface area contributed by atoms with E-state index >= 15 is 0 Å². The molecule has 21 heavy (non-hydrogen) atoms. The van der Waals surface area contributed by atoms with Crippen LogP contribution < -0.4 is 4.72 Å². The van der Waals surface area contributed by atoms with Crippen LogP contribution in [0.5, 0.6) is 0 Å². The number of nitrogens with zero attached hydrogens (tertiary/aromatic N) is 1. The van der Waals surface area contributed by atoms with Crippen molar-refractivity contribution in [1.82, 2.24) is 9.71 Å². The normalized spacial score (nSPS) is 23.2. The molecular formula is C13H18BrClN2O3S. The zero-order valence-corrected chi connectivity index (χ0v) is 14.6. The lowest BCUT2D eigenvalue weighted by atomic mass is 9.80. The van der Waals surface area contributed by atoms with Gasteiger partial charge in [0.1, 0.15) is 10.0 Å². The Bertz CT molecular complexity index is 597. The largest absolute Gasteiger partial charge is 0.396 e. The summed E-state index contributed by atoms with van der Waals surface area (Å²) in [4.78, 5) is 3.80. The molecule has 0 spiro atoms. The lowest BCUT2D eigenvalue weighted by molar-refractivity contribution is 0.136. The number of aromatic nitrogens is 1. The molecule has 0 aromatic carbocycles. The van der Waals surface area contributed by atoms with Gasteiger partial charge in [-0.2, -0.15) is 0 Å². The van der Waals surface area contributed by atoms with Gasteiger partial charge in [0, 0.05) is 23.8 Å². The Morgan fingerprint density at radius 3 is 2.71 bits per heavy atom. The highest BCUT2D eigenvalue weighted by atomic mass is 79.9. The van der Waals surface area contributed by atoms with Gasteiger partial charge in [0.05, 0.1) is 0 Å². The zero-order valence-electron chi connectivity index (χ0n) is 11.4. The fourth-order valence-corrected chi connectivity index (χ4v) is 4.72. The van der Waals surface area contributed by atoms with Gasteiger partial charge in [-0.3, -0.25) is 0 Å². The fourth-order valence-electron chi connectivity index (χ4n) is 2.68. The van der Waals surface area contributed by atoms with Crippen LogP contribution in [0, 0.1) is 11.8 Å². The first-order valence-electron chi connectivity index (χ1n) is 6.85. The number of aliphatic hydroxyl groups is 1. The van der Waals surface area contributed by atoms with Gasteiger partial charge in [-0.05, 0) is 46.7 Å². The Hall–Kier alpha value is -0.210. The van der Waals surface area contributed by atoms with Crippen molar-refractivity contribution in [2.75, 3.05) is 13.2 Å². The first-order valence-corrected chi connectivity index (χ1v) is 9.51. The molecule has 0 radical (unpaired) electrons. The molecule has 1 heterocycles. The topological polar surface area (TPSA) is 79.3 Å².